The molecule has 0 rings (SSSR count). The van der Waals surface area contributed by atoms with E-state index < -0.39 is 13.9 Å². The summed E-state index contributed by atoms with van der Waals surface area (Å²) in [5.74, 6) is -0.314. The number of nitrogens with zero attached hydrogens (tertiary/aromatic N) is 1. The van der Waals surface area contributed by atoms with Gasteiger partial charge in [0.05, 0.1) is 34.4 Å². The Morgan fingerprint density at radius 2 is 0.967 bits per heavy atom. The maximum Gasteiger partial charge on any atom is 0.472 e. The molecule has 0 aromatic heterocycles. The summed E-state index contributed by atoms with van der Waals surface area (Å²) in [4.78, 5) is 23.0. The van der Waals surface area contributed by atoms with E-state index in [0.717, 1.165) is 57.8 Å². The van der Waals surface area contributed by atoms with Crippen LogP contribution in [0.1, 0.15) is 213 Å². The van der Waals surface area contributed by atoms with Gasteiger partial charge in [-0.25, -0.2) is 4.57 Å². The van der Waals surface area contributed by atoms with Crippen LogP contribution in [0, 0.1) is 0 Å². The average molecular weight is 867 g/mol. The van der Waals surface area contributed by atoms with Gasteiger partial charge in [-0.2, -0.15) is 0 Å². The molecule has 1 N–H and O–H groups in total. The predicted molar refractivity (Wildman–Crippen MR) is 256 cm³/mol. The molecule has 0 fully saturated rings. The van der Waals surface area contributed by atoms with Crippen molar-refractivity contribution in [3.8, 4) is 0 Å². The summed E-state index contributed by atoms with van der Waals surface area (Å²) in [5.41, 5.74) is 0. The number of phosphoric acid groups is 1. The van der Waals surface area contributed by atoms with Gasteiger partial charge in [0.1, 0.15) is 19.3 Å². The molecule has 9 heteroatoms. The largest absolute Gasteiger partial charge is 0.472 e. The van der Waals surface area contributed by atoms with E-state index in [2.05, 4.69) is 62.5 Å². The van der Waals surface area contributed by atoms with Gasteiger partial charge in [0.25, 0.3) is 0 Å². The fraction of sp³-hybridized carbons (Fsp3) is 0.824. The molecule has 0 heterocycles. The molecule has 0 spiro atoms. The smallest absolute Gasteiger partial charge is 0.457 e. The normalized spacial score (nSPS) is 14.0. The van der Waals surface area contributed by atoms with Gasteiger partial charge in [-0.15, -0.1) is 0 Å². The van der Waals surface area contributed by atoms with Crippen LogP contribution in [0.5, 0.6) is 0 Å². The van der Waals surface area contributed by atoms with Crippen LogP contribution >= 0.6 is 7.82 Å². The Hall–Kier alpha value is -1.54. The Morgan fingerprint density at radius 3 is 1.45 bits per heavy atom. The van der Waals surface area contributed by atoms with Crippen LogP contribution in [0.4, 0.5) is 0 Å². The highest BCUT2D eigenvalue weighted by Gasteiger charge is 2.26. The molecule has 0 aliphatic rings. The number of allylic oxidation sites excluding steroid dienone is 8. The maximum absolute atomic E-state index is 12.7. The minimum Gasteiger partial charge on any atom is -0.457 e. The molecule has 2 atom stereocenters. The van der Waals surface area contributed by atoms with E-state index in [1.165, 1.54) is 135 Å². The first-order valence-electron chi connectivity index (χ1n) is 24.9. The molecule has 0 aromatic carbocycles. The average Bonchev–Trinajstić information content (AvgIpc) is 3.20. The van der Waals surface area contributed by atoms with Crippen molar-refractivity contribution < 1.29 is 37.3 Å². The van der Waals surface area contributed by atoms with Crippen molar-refractivity contribution in [1.29, 1.82) is 0 Å². The number of hydrogen-bond acceptors (Lipinski definition) is 6. The highest BCUT2D eigenvalue weighted by molar-refractivity contribution is 7.47. The second-order valence-electron chi connectivity index (χ2n) is 17.8. The molecule has 0 saturated carbocycles. The number of carbonyl (C=O) groups is 1. The number of esters is 1. The molecule has 0 aromatic rings. The third-order valence-corrected chi connectivity index (χ3v) is 11.6. The first-order valence-corrected chi connectivity index (χ1v) is 26.4. The molecular weight excluding hydrogens is 770 g/mol. The lowest BCUT2D eigenvalue weighted by atomic mass is 10.0. The van der Waals surface area contributed by atoms with E-state index in [-0.39, 0.29) is 25.8 Å². The third kappa shape index (κ3) is 47.5. The molecule has 2 unspecified atom stereocenters. The molecule has 352 valence electrons. The van der Waals surface area contributed by atoms with Gasteiger partial charge in [0.2, 0.25) is 0 Å². The van der Waals surface area contributed by atoms with E-state index in [1.54, 1.807) is 0 Å². The summed E-state index contributed by atoms with van der Waals surface area (Å²) in [6.45, 7) is 5.52. The van der Waals surface area contributed by atoms with E-state index >= 15 is 0 Å². The highest BCUT2D eigenvalue weighted by Crippen LogP contribution is 2.43. The molecule has 0 bridgehead atoms. The number of unbranched alkanes of at least 4 members (excludes halogenated alkanes) is 24. The van der Waals surface area contributed by atoms with Crippen LogP contribution in [0.2, 0.25) is 0 Å². The summed E-state index contributed by atoms with van der Waals surface area (Å²) in [5, 5.41) is 0. The monoisotopic (exact) mass is 867 g/mol. The quantitative estimate of drug-likeness (QED) is 0.0214. The SMILES string of the molecule is CC/C=C\C/C=C\C/C=C\C/C=C\CCCCCCCCCCCOCC(COP(=O)(O)OCC[N+](C)(C)C)OC(=O)CCCCCCCCCCCCCCCCCC. The van der Waals surface area contributed by atoms with E-state index in [1.807, 2.05) is 21.1 Å². The van der Waals surface area contributed by atoms with Gasteiger partial charge in [-0.05, 0) is 51.4 Å². The summed E-state index contributed by atoms with van der Waals surface area (Å²) >= 11 is 0. The van der Waals surface area contributed by atoms with Crippen LogP contribution < -0.4 is 0 Å². The number of ether oxygens (including phenoxy) is 2. The summed E-state index contributed by atoms with van der Waals surface area (Å²) in [6.07, 6.45) is 54.3. The lowest BCUT2D eigenvalue weighted by Crippen LogP contribution is -2.37. The zero-order valence-electron chi connectivity index (χ0n) is 39.9. The van der Waals surface area contributed by atoms with Gasteiger partial charge in [-0.3, -0.25) is 13.8 Å². The first-order chi connectivity index (χ1) is 29.1. The molecule has 0 radical (unpaired) electrons. The molecular formula is C51H97NO7P+. The second-order valence-corrected chi connectivity index (χ2v) is 19.3. The van der Waals surface area contributed by atoms with Crippen LogP contribution in [-0.4, -0.2) is 75.6 Å². The Balaban J connectivity index is 4.15. The Bertz CT molecular complexity index is 1100. The van der Waals surface area contributed by atoms with E-state index in [4.69, 9.17) is 18.5 Å². The Kier molecular flexibility index (Phi) is 43.0. The molecule has 0 aliphatic heterocycles. The van der Waals surface area contributed by atoms with Gasteiger partial charge >= 0.3 is 13.8 Å². The molecule has 0 saturated heterocycles. The van der Waals surface area contributed by atoms with Gasteiger partial charge in [0, 0.05) is 13.0 Å². The molecule has 60 heavy (non-hydrogen) atoms. The molecule has 0 aliphatic carbocycles. The first kappa shape index (κ1) is 58.5. The van der Waals surface area contributed by atoms with Crippen molar-refractivity contribution in [2.45, 2.75) is 219 Å². The van der Waals surface area contributed by atoms with Crippen molar-refractivity contribution in [2.75, 3.05) is 54.1 Å². The lowest BCUT2D eigenvalue weighted by molar-refractivity contribution is -0.870. The Labute approximate surface area is 371 Å². The topological polar surface area (TPSA) is 91.3 Å². The zero-order valence-corrected chi connectivity index (χ0v) is 40.8. The van der Waals surface area contributed by atoms with Crippen molar-refractivity contribution in [2.24, 2.45) is 0 Å². The van der Waals surface area contributed by atoms with Gasteiger partial charge in [-0.1, -0.05) is 204 Å². The van der Waals surface area contributed by atoms with E-state index in [0.29, 0.717) is 24.1 Å². The number of likely N-dealkylation sites (N-methyl/N-ethyl adjacent to an activating group) is 1. The van der Waals surface area contributed by atoms with Crippen LogP contribution in [0.3, 0.4) is 0 Å². The number of carbonyl (C=O) groups excluding carboxylic acids is 1. The number of rotatable bonds is 46. The van der Waals surface area contributed by atoms with Crippen molar-refractivity contribution in [1.82, 2.24) is 0 Å². The fourth-order valence-electron chi connectivity index (χ4n) is 6.84. The number of phosphoric ester groups is 1. The summed E-state index contributed by atoms with van der Waals surface area (Å²) in [6, 6.07) is 0. The zero-order chi connectivity index (χ0) is 44.1. The minimum atomic E-state index is -4.28. The highest BCUT2D eigenvalue weighted by atomic mass is 31.2. The van der Waals surface area contributed by atoms with Crippen molar-refractivity contribution in [3.63, 3.8) is 0 Å². The standard InChI is InChI=1S/C51H96NO7P/c1-6-8-10-12-14-16-18-20-22-24-25-26-27-28-29-31-33-35-37-39-41-43-46-56-48-50(49-58-60(54,55)57-47-45-52(3,4)5)59-51(53)44-42-40-38-36-34-32-30-23-21-19-17-15-13-11-9-7-2/h8,10,14,16,20,22,25-26,50H,6-7,9,11-13,15,17-19,21,23-24,27-49H2,1-5H3/p+1/b10-8-,16-14-,22-20-,26-25-. The fourth-order valence-corrected chi connectivity index (χ4v) is 7.58. The van der Waals surface area contributed by atoms with Crippen LogP contribution in [-0.2, 0) is 27.9 Å². The number of quaternary nitrogens is 1. The number of hydrogen-bond donors (Lipinski definition) is 1. The predicted octanol–water partition coefficient (Wildman–Crippen LogP) is 15.1. The third-order valence-electron chi connectivity index (χ3n) is 10.7. The maximum atomic E-state index is 12.7. The lowest BCUT2D eigenvalue weighted by Gasteiger charge is -2.24. The van der Waals surface area contributed by atoms with E-state index in [9.17, 15) is 14.3 Å². The van der Waals surface area contributed by atoms with Crippen molar-refractivity contribution >= 4 is 13.8 Å². The minimum absolute atomic E-state index is 0.0875. The van der Waals surface area contributed by atoms with Crippen LogP contribution in [0.15, 0.2) is 48.6 Å². The van der Waals surface area contributed by atoms with Crippen molar-refractivity contribution in [3.05, 3.63) is 48.6 Å². The Morgan fingerprint density at radius 1 is 0.533 bits per heavy atom. The van der Waals surface area contributed by atoms with Crippen LogP contribution in [0.25, 0.3) is 0 Å². The molecule has 0 amide bonds. The molecule has 8 nitrogen and oxygen atoms in total. The van der Waals surface area contributed by atoms with Gasteiger partial charge < -0.3 is 18.9 Å². The van der Waals surface area contributed by atoms with Gasteiger partial charge in [0.15, 0.2) is 0 Å². The second kappa shape index (κ2) is 44.1. The summed E-state index contributed by atoms with van der Waals surface area (Å²) < 4.78 is 35.1. The summed E-state index contributed by atoms with van der Waals surface area (Å²) in [7, 11) is 1.67.